The van der Waals surface area contributed by atoms with Gasteiger partial charge >= 0.3 is 0 Å². The molecule has 4 rings (SSSR count). The van der Waals surface area contributed by atoms with Gasteiger partial charge < -0.3 is 20.1 Å². The molecule has 1 aliphatic heterocycles. The van der Waals surface area contributed by atoms with Gasteiger partial charge in [-0.25, -0.2) is 0 Å². The minimum Gasteiger partial charge on any atom is -0.488 e. The summed E-state index contributed by atoms with van der Waals surface area (Å²) < 4.78 is 6.60. The molecular weight excluding hydrogens is 561 g/mol. The highest BCUT2D eigenvalue weighted by molar-refractivity contribution is 6.42. The average molecular weight is 599 g/mol. The summed E-state index contributed by atoms with van der Waals surface area (Å²) in [5, 5.41) is 13.9. The number of rotatable bonds is 9. The Labute approximate surface area is 252 Å². The molecule has 3 atom stereocenters. The Bertz CT molecular complexity index is 1350. The number of aliphatic hydroxyl groups excluding tert-OH is 1. The van der Waals surface area contributed by atoms with E-state index in [0.717, 1.165) is 11.1 Å². The fraction of sp³-hybridized carbons (Fsp3) is 0.375. The van der Waals surface area contributed by atoms with Crippen molar-refractivity contribution < 1.29 is 19.4 Å². The molecule has 9 heteroatoms. The highest BCUT2D eigenvalue weighted by Crippen LogP contribution is 2.30. The zero-order chi connectivity index (χ0) is 29.5. The number of ether oxygens (including phenoxy) is 1. The van der Waals surface area contributed by atoms with Gasteiger partial charge in [0.2, 0.25) is 11.8 Å². The maximum absolute atomic E-state index is 13.5. The third-order valence-electron chi connectivity index (χ3n) is 7.34. The van der Waals surface area contributed by atoms with Crippen LogP contribution in [0.2, 0.25) is 10.0 Å². The average Bonchev–Trinajstić information content (AvgIpc) is 2.98. The van der Waals surface area contributed by atoms with Crippen LogP contribution < -0.4 is 10.1 Å². The molecule has 7 nitrogen and oxygen atoms in total. The second kappa shape index (κ2) is 14.2. The molecule has 0 saturated heterocycles. The van der Waals surface area contributed by atoms with Gasteiger partial charge in [0, 0.05) is 36.8 Å². The molecular formula is C32H37Cl2N3O4. The Balaban J connectivity index is 1.56. The monoisotopic (exact) mass is 597 g/mol. The van der Waals surface area contributed by atoms with Crippen LogP contribution in [0.1, 0.15) is 30.5 Å². The molecule has 41 heavy (non-hydrogen) atoms. The van der Waals surface area contributed by atoms with Gasteiger partial charge in [0.1, 0.15) is 11.9 Å². The number of carbonyl (C=O) groups is 2. The molecule has 0 saturated carbocycles. The summed E-state index contributed by atoms with van der Waals surface area (Å²) >= 11 is 12.3. The van der Waals surface area contributed by atoms with E-state index in [-0.39, 0.29) is 49.3 Å². The lowest BCUT2D eigenvalue weighted by Gasteiger charge is -2.34. The van der Waals surface area contributed by atoms with Gasteiger partial charge in [0.15, 0.2) is 0 Å². The van der Waals surface area contributed by atoms with Crippen LogP contribution in [-0.4, -0.2) is 65.6 Å². The van der Waals surface area contributed by atoms with Crippen LogP contribution >= 0.6 is 23.2 Å². The standard InChI is InChI=1S/C32H37Cl2N3O4/c1-21-17-37(22(2)20-38)32(40)16-25-15-26(35-31(39)14-23-7-5-4-6-8-23)10-12-29(25)41-30(21)19-36(3)18-24-9-11-27(33)28(34)13-24/h4-13,15,21-22,30,38H,14,16-20H2,1-3H3,(H,35,39)/t21-,22+,30+/m0/s1. The van der Waals surface area contributed by atoms with E-state index in [4.69, 9.17) is 27.9 Å². The highest BCUT2D eigenvalue weighted by atomic mass is 35.5. The van der Waals surface area contributed by atoms with Gasteiger partial charge in [-0.2, -0.15) is 0 Å². The summed E-state index contributed by atoms with van der Waals surface area (Å²) in [6.07, 6.45) is 0.0971. The van der Waals surface area contributed by atoms with E-state index in [2.05, 4.69) is 17.1 Å². The van der Waals surface area contributed by atoms with Crippen molar-refractivity contribution >= 4 is 40.7 Å². The molecule has 0 spiro atoms. The Morgan fingerprint density at radius 2 is 1.85 bits per heavy atom. The van der Waals surface area contributed by atoms with Gasteiger partial charge in [-0.05, 0) is 55.4 Å². The Morgan fingerprint density at radius 3 is 2.56 bits per heavy atom. The molecule has 3 aromatic rings. The lowest BCUT2D eigenvalue weighted by Crippen LogP contribution is -2.47. The topological polar surface area (TPSA) is 82.1 Å². The summed E-state index contributed by atoms with van der Waals surface area (Å²) in [4.78, 5) is 30.1. The summed E-state index contributed by atoms with van der Waals surface area (Å²) in [6.45, 7) is 5.44. The number of benzene rings is 3. The molecule has 1 heterocycles. The second-order valence-electron chi connectivity index (χ2n) is 10.9. The van der Waals surface area contributed by atoms with Crippen LogP contribution in [0.3, 0.4) is 0 Å². The number of hydrogen-bond donors (Lipinski definition) is 2. The molecule has 2 amide bonds. The first kappa shape index (κ1) is 30.8. The summed E-state index contributed by atoms with van der Waals surface area (Å²) in [6, 6.07) is 20.2. The molecule has 0 aromatic heterocycles. The van der Waals surface area contributed by atoms with Crippen molar-refractivity contribution in [1.29, 1.82) is 0 Å². The third kappa shape index (κ3) is 8.46. The summed E-state index contributed by atoms with van der Waals surface area (Å²) in [7, 11) is 2.01. The van der Waals surface area contributed by atoms with Crippen LogP contribution in [0.5, 0.6) is 5.75 Å². The van der Waals surface area contributed by atoms with E-state index in [0.29, 0.717) is 46.7 Å². The Hall–Kier alpha value is -3.10. The number of aliphatic hydroxyl groups is 1. The van der Waals surface area contributed by atoms with Crippen LogP contribution in [-0.2, 0) is 29.0 Å². The van der Waals surface area contributed by atoms with Gasteiger partial charge in [-0.3, -0.25) is 14.5 Å². The number of anilines is 1. The largest absolute Gasteiger partial charge is 0.488 e. The number of carbonyl (C=O) groups excluding carboxylic acids is 2. The molecule has 1 aliphatic rings. The van der Waals surface area contributed by atoms with Gasteiger partial charge in [0.25, 0.3) is 0 Å². The van der Waals surface area contributed by atoms with Crippen molar-refractivity contribution in [3.05, 3.63) is 93.5 Å². The summed E-state index contributed by atoms with van der Waals surface area (Å²) in [5.41, 5.74) is 3.23. The van der Waals surface area contributed by atoms with E-state index < -0.39 is 0 Å². The number of hydrogen-bond acceptors (Lipinski definition) is 5. The van der Waals surface area contributed by atoms with E-state index in [9.17, 15) is 14.7 Å². The third-order valence-corrected chi connectivity index (χ3v) is 8.07. The molecule has 0 bridgehead atoms. The van der Waals surface area contributed by atoms with Crippen molar-refractivity contribution in [3.63, 3.8) is 0 Å². The zero-order valence-electron chi connectivity index (χ0n) is 23.6. The minimum absolute atomic E-state index is 0.0274. The lowest BCUT2D eigenvalue weighted by atomic mass is 10.0. The molecule has 0 fully saturated rings. The predicted molar refractivity (Wildman–Crippen MR) is 164 cm³/mol. The van der Waals surface area contributed by atoms with Crippen LogP contribution in [0.25, 0.3) is 0 Å². The van der Waals surface area contributed by atoms with E-state index >= 15 is 0 Å². The molecule has 0 aliphatic carbocycles. The number of halogens is 2. The number of nitrogens with one attached hydrogen (secondary N) is 1. The summed E-state index contributed by atoms with van der Waals surface area (Å²) in [5.74, 6) is 0.344. The quantitative estimate of drug-likeness (QED) is 0.342. The first-order valence-corrected chi connectivity index (χ1v) is 14.5. The molecule has 0 unspecified atom stereocenters. The number of nitrogens with zero attached hydrogens (tertiary/aromatic N) is 2. The van der Waals surface area contributed by atoms with Crippen molar-refractivity contribution in [2.75, 3.05) is 32.1 Å². The SMILES string of the molecule is C[C@H](CO)N1C[C@H](C)[C@@H](CN(C)Cc2ccc(Cl)c(Cl)c2)Oc2ccc(NC(=O)Cc3ccccc3)cc2CC1=O. The normalized spacial score (nSPS) is 18.1. The van der Waals surface area contributed by atoms with Crippen LogP contribution in [0.4, 0.5) is 5.69 Å². The maximum atomic E-state index is 13.5. The second-order valence-corrected chi connectivity index (χ2v) is 11.7. The smallest absolute Gasteiger partial charge is 0.228 e. The zero-order valence-corrected chi connectivity index (χ0v) is 25.2. The number of fused-ring (bicyclic) bond motifs is 1. The first-order chi connectivity index (χ1) is 19.6. The van der Waals surface area contributed by atoms with Crippen molar-refractivity contribution in [2.24, 2.45) is 5.92 Å². The number of amides is 2. The van der Waals surface area contributed by atoms with Crippen molar-refractivity contribution in [2.45, 2.75) is 45.4 Å². The predicted octanol–water partition coefficient (Wildman–Crippen LogP) is 5.46. The minimum atomic E-state index is -0.338. The van der Waals surface area contributed by atoms with E-state index in [1.807, 2.05) is 68.6 Å². The van der Waals surface area contributed by atoms with Gasteiger partial charge in [-0.1, -0.05) is 66.5 Å². The Kier molecular flexibility index (Phi) is 10.7. The molecule has 3 aromatic carbocycles. The highest BCUT2D eigenvalue weighted by Gasteiger charge is 2.31. The van der Waals surface area contributed by atoms with Crippen molar-refractivity contribution in [3.8, 4) is 5.75 Å². The first-order valence-electron chi connectivity index (χ1n) is 13.8. The van der Waals surface area contributed by atoms with E-state index in [1.165, 1.54) is 0 Å². The Morgan fingerprint density at radius 1 is 1.10 bits per heavy atom. The molecule has 0 radical (unpaired) electrons. The fourth-order valence-electron chi connectivity index (χ4n) is 5.03. The van der Waals surface area contributed by atoms with E-state index in [1.54, 1.807) is 17.0 Å². The van der Waals surface area contributed by atoms with Crippen molar-refractivity contribution in [1.82, 2.24) is 9.80 Å². The van der Waals surface area contributed by atoms with Crippen LogP contribution in [0.15, 0.2) is 66.7 Å². The van der Waals surface area contributed by atoms with Gasteiger partial charge in [-0.15, -0.1) is 0 Å². The number of likely N-dealkylation sites (N-methyl/N-ethyl adjacent to an activating group) is 1. The molecule has 2 N–H and O–H groups in total. The fourth-order valence-corrected chi connectivity index (χ4v) is 5.35. The van der Waals surface area contributed by atoms with Crippen LogP contribution in [0, 0.1) is 5.92 Å². The maximum Gasteiger partial charge on any atom is 0.228 e. The van der Waals surface area contributed by atoms with Gasteiger partial charge in [0.05, 0.1) is 35.5 Å². The lowest BCUT2D eigenvalue weighted by molar-refractivity contribution is -0.134. The molecule has 218 valence electrons.